The van der Waals surface area contributed by atoms with Crippen LogP contribution in [0.2, 0.25) is 0 Å². The number of carbonyl (C=O) groups excluding carboxylic acids is 1. The number of aryl methyl sites for hydroxylation is 1. The predicted molar refractivity (Wildman–Crippen MR) is 104 cm³/mol. The van der Waals surface area contributed by atoms with E-state index >= 15 is 0 Å². The first-order chi connectivity index (χ1) is 13.6. The number of amides is 2. The molecule has 0 radical (unpaired) electrons. The summed E-state index contributed by atoms with van der Waals surface area (Å²) in [4.78, 5) is 12.5. The number of aromatic nitrogens is 4. The van der Waals surface area contributed by atoms with Crippen molar-refractivity contribution in [2.75, 3.05) is 18.5 Å². The number of benzene rings is 2. The van der Waals surface area contributed by atoms with Crippen LogP contribution in [0.25, 0.3) is 5.69 Å². The van der Waals surface area contributed by atoms with Gasteiger partial charge in [-0.2, -0.15) is 0 Å². The maximum atomic E-state index is 12.5. The van der Waals surface area contributed by atoms with E-state index in [4.69, 9.17) is 4.74 Å². The van der Waals surface area contributed by atoms with Crippen molar-refractivity contribution in [1.29, 1.82) is 0 Å². The highest BCUT2D eigenvalue weighted by Gasteiger charge is 2.21. The summed E-state index contributed by atoms with van der Waals surface area (Å²) < 4.78 is 7.41. The highest BCUT2D eigenvalue weighted by Crippen LogP contribution is 2.26. The van der Waals surface area contributed by atoms with Crippen LogP contribution in [0.15, 0.2) is 42.7 Å². The Labute approximate surface area is 162 Å². The first-order valence-corrected chi connectivity index (χ1v) is 9.20. The van der Waals surface area contributed by atoms with Crippen LogP contribution in [0.3, 0.4) is 0 Å². The highest BCUT2D eigenvalue weighted by molar-refractivity contribution is 5.90. The number of fused-ring (bicyclic) bond motifs is 1. The average molecular weight is 378 g/mol. The quantitative estimate of drug-likeness (QED) is 0.728. The molecule has 2 N–H and O–H groups in total. The Morgan fingerprint density at radius 2 is 2.14 bits per heavy atom. The van der Waals surface area contributed by atoms with Gasteiger partial charge in [-0.25, -0.2) is 9.48 Å². The topological polar surface area (TPSA) is 94.0 Å². The van der Waals surface area contributed by atoms with Crippen molar-refractivity contribution in [1.82, 2.24) is 25.5 Å². The van der Waals surface area contributed by atoms with E-state index in [2.05, 4.69) is 38.3 Å². The van der Waals surface area contributed by atoms with Gasteiger partial charge in [0, 0.05) is 12.2 Å². The van der Waals surface area contributed by atoms with Crippen molar-refractivity contribution in [3.05, 3.63) is 65.0 Å². The lowest BCUT2D eigenvalue weighted by molar-refractivity contribution is 0.0444. The number of urea groups is 1. The SMILES string of the molecule is Cc1cc(-n2cnnn2)cc(NC(=O)NC[C@H]2OCCc3ccccc32)c1C. The summed E-state index contributed by atoms with van der Waals surface area (Å²) in [5.74, 6) is 0. The predicted octanol–water partition coefficient (Wildman–Crippen LogP) is 2.71. The summed E-state index contributed by atoms with van der Waals surface area (Å²) in [7, 11) is 0. The molecular weight excluding hydrogens is 356 g/mol. The molecular formula is C20H22N6O2. The second-order valence-electron chi connectivity index (χ2n) is 6.83. The third kappa shape index (κ3) is 3.72. The fourth-order valence-corrected chi connectivity index (χ4v) is 3.38. The zero-order valence-corrected chi connectivity index (χ0v) is 15.8. The van der Waals surface area contributed by atoms with E-state index in [-0.39, 0.29) is 12.1 Å². The van der Waals surface area contributed by atoms with Gasteiger partial charge in [-0.3, -0.25) is 0 Å². The minimum atomic E-state index is -0.275. The van der Waals surface area contributed by atoms with Gasteiger partial charge >= 0.3 is 6.03 Å². The molecule has 8 nitrogen and oxygen atoms in total. The van der Waals surface area contributed by atoms with Gasteiger partial charge in [-0.1, -0.05) is 24.3 Å². The standard InChI is InChI=1S/C20H22N6O2/c1-13-9-16(26-12-22-24-25-26)10-18(14(13)2)23-20(27)21-11-19-17-6-4-3-5-15(17)7-8-28-19/h3-6,9-10,12,19H,7-8,11H2,1-2H3,(H2,21,23,27)/t19-/m1/s1. The molecule has 4 rings (SSSR count). The van der Waals surface area contributed by atoms with E-state index in [1.807, 2.05) is 38.1 Å². The molecule has 1 atom stereocenters. The Kier molecular flexibility index (Phi) is 5.03. The number of nitrogens with one attached hydrogen (secondary N) is 2. The number of rotatable bonds is 4. The summed E-state index contributed by atoms with van der Waals surface area (Å²) in [6.45, 7) is 5.03. The number of anilines is 1. The van der Waals surface area contributed by atoms with Gasteiger partial charge in [0.15, 0.2) is 0 Å². The lowest BCUT2D eigenvalue weighted by Crippen LogP contribution is -2.35. The Hall–Kier alpha value is -3.26. The van der Waals surface area contributed by atoms with E-state index in [0.29, 0.717) is 18.8 Å². The normalized spacial score (nSPS) is 15.7. The number of nitrogens with zero attached hydrogens (tertiary/aromatic N) is 4. The van der Waals surface area contributed by atoms with E-state index in [0.717, 1.165) is 28.8 Å². The summed E-state index contributed by atoms with van der Waals surface area (Å²) >= 11 is 0. The molecule has 0 saturated carbocycles. The van der Waals surface area contributed by atoms with Crippen molar-refractivity contribution in [3.63, 3.8) is 0 Å². The first-order valence-electron chi connectivity index (χ1n) is 9.20. The molecule has 0 unspecified atom stereocenters. The van der Waals surface area contributed by atoms with Crippen LogP contribution in [-0.2, 0) is 11.2 Å². The smallest absolute Gasteiger partial charge is 0.319 e. The molecule has 8 heteroatoms. The summed E-state index contributed by atoms with van der Waals surface area (Å²) in [5, 5.41) is 17.1. The van der Waals surface area contributed by atoms with Gasteiger partial charge in [0.05, 0.1) is 12.3 Å². The minimum absolute atomic E-state index is 0.133. The fraction of sp³-hybridized carbons (Fsp3) is 0.300. The van der Waals surface area contributed by atoms with Crippen molar-refractivity contribution in [2.24, 2.45) is 0 Å². The van der Waals surface area contributed by atoms with Crippen molar-refractivity contribution >= 4 is 11.7 Å². The molecule has 2 amide bonds. The Morgan fingerprint density at radius 3 is 2.96 bits per heavy atom. The molecule has 2 aromatic carbocycles. The lowest BCUT2D eigenvalue weighted by atomic mass is 9.98. The van der Waals surface area contributed by atoms with Crippen LogP contribution in [0.4, 0.5) is 10.5 Å². The molecule has 1 aliphatic heterocycles. The summed E-state index contributed by atoms with van der Waals surface area (Å²) in [6.07, 6.45) is 2.29. The molecule has 0 bridgehead atoms. The minimum Gasteiger partial charge on any atom is -0.371 e. The van der Waals surface area contributed by atoms with Crippen LogP contribution in [0.5, 0.6) is 0 Å². The first kappa shape index (κ1) is 18.1. The third-order valence-corrected chi connectivity index (χ3v) is 5.05. The number of ether oxygens (including phenoxy) is 1. The van der Waals surface area contributed by atoms with E-state index in [1.54, 1.807) is 4.68 Å². The number of hydrogen-bond acceptors (Lipinski definition) is 5. The van der Waals surface area contributed by atoms with Gasteiger partial charge in [-0.15, -0.1) is 5.10 Å². The van der Waals surface area contributed by atoms with Crippen molar-refractivity contribution in [3.8, 4) is 5.69 Å². The molecule has 0 saturated heterocycles. The Morgan fingerprint density at radius 1 is 1.29 bits per heavy atom. The van der Waals surface area contributed by atoms with Gasteiger partial charge in [0.1, 0.15) is 12.4 Å². The van der Waals surface area contributed by atoms with Crippen LogP contribution in [0.1, 0.15) is 28.4 Å². The monoisotopic (exact) mass is 378 g/mol. The zero-order chi connectivity index (χ0) is 19.5. The van der Waals surface area contributed by atoms with Crippen LogP contribution >= 0.6 is 0 Å². The Bertz CT molecular complexity index is 986. The van der Waals surface area contributed by atoms with Crippen LogP contribution in [-0.4, -0.2) is 39.4 Å². The number of tetrazole rings is 1. The number of hydrogen-bond donors (Lipinski definition) is 2. The van der Waals surface area contributed by atoms with Crippen LogP contribution in [0, 0.1) is 13.8 Å². The molecule has 1 aliphatic rings. The second kappa shape index (κ2) is 7.77. The molecule has 28 heavy (non-hydrogen) atoms. The van der Waals surface area contributed by atoms with Gasteiger partial charge < -0.3 is 15.4 Å². The highest BCUT2D eigenvalue weighted by atomic mass is 16.5. The fourth-order valence-electron chi connectivity index (χ4n) is 3.38. The molecule has 3 aromatic rings. The summed E-state index contributed by atoms with van der Waals surface area (Å²) in [5.41, 5.74) is 5.95. The maximum Gasteiger partial charge on any atom is 0.319 e. The summed E-state index contributed by atoms with van der Waals surface area (Å²) in [6, 6.07) is 11.7. The maximum absolute atomic E-state index is 12.5. The molecule has 144 valence electrons. The molecule has 2 heterocycles. The molecule has 0 aliphatic carbocycles. The van der Waals surface area contributed by atoms with Crippen LogP contribution < -0.4 is 10.6 Å². The molecule has 1 aromatic heterocycles. The van der Waals surface area contributed by atoms with Crippen molar-refractivity contribution < 1.29 is 9.53 Å². The lowest BCUT2D eigenvalue weighted by Gasteiger charge is -2.26. The molecule has 0 spiro atoms. The number of carbonyl (C=O) groups is 1. The second-order valence-corrected chi connectivity index (χ2v) is 6.83. The average Bonchev–Trinajstić information content (AvgIpc) is 3.24. The Balaban J connectivity index is 1.45. The van der Waals surface area contributed by atoms with Gasteiger partial charge in [0.25, 0.3) is 0 Å². The van der Waals surface area contributed by atoms with E-state index in [9.17, 15) is 4.79 Å². The van der Waals surface area contributed by atoms with E-state index < -0.39 is 0 Å². The van der Waals surface area contributed by atoms with Gasteiger partial charge in [-0.05, 0) is 65.1 Å². The zero-order valence-electron chi connectivity index (χ0n) is 15.8. The van der Waals surface area contributed by atoms with Gasteiger partial charge in [0.2, 0.25) is 0 Å². The van der Waals surface area contributed by atoms with E-state index in [1.165, 1.54) is 11.9 Å². The van der Waals surface area contributed by atoms with Crippen molar-refractivity contribution in [2.45, 2.75) is 26.4 Å². The third-order valence-electron chi connectivity index (χ3n) is 5.05. The molecule has 0 fully saturated rings. The largest absolute Gasteiger partial charge is 0.371 e.